The van der Waals surface area contributed by atoms with E-state index in [4.69, 9.17) is 10.6 Å². The van der Waals surface area contributed by atoms with Crippen LogP contribution in [0.25, 0.3) is 0 Å². The van der Waals surface area contributed by atoms with Crippen molar-refractivity contribution in [2.45, 2.75) is 13.3 Å². The van der Waals surface area contributed by atoms with Gasteiger partial charge in [0.15, 0.2) is 0 Å². The van der Waals surface area contributed by atoms with Gasteiger partial charge in [-0.05, 0) is 31.0 Å². The molecule has 13 heavy (non-hydrogen) atoms. The van der Waals surface area contributed by atoms with Crippen LogP contribution in [0.2, 0.25) is 0 Å². The first-order valence-electron chi connectivity index (χ1n) is 4.40. The fourth-order valence-electron chi connectivity index (χ4n) is 1.10. The van der Waals surface area contributed by atoms with Gasteiger partial charge in [-0.2, -0.15) is 0 Å². The molecule has 3 heteroatoms. The first kappa shape index (κ1) is 10.0. The van der Waals surface area contributed by atoms with Crippen molar-refractivity contribution in [1.82, 2.24) is 0 Å². The average molecular weight is 181 g/mol. The summed E-state index contributed by atoms with van der Waals surface area (Å²) in [6.07, 6.45) is 0.836. The van der Waals surface area contributed by atoms with Gasteiger partial charge in [0, 0.05) is 0 Å². The molecule has 1 aromatic rings. The van der Waals surface area contributed by atoms with Gasteiger partial charge in [-0.15, -0.1) is 0 Å². The number of nitrogens with two attached hydrogens (primary N) is 1. The van der Waals surface area contributed by atoms with Crippen LogP contribution in [0.4, 0.5) is 0 Å². The highest BCUT2D eigenvalue weighted by molar-refractivity contribution is 5.27. The maximum absolute atomic E-state index is 5.31. The highest BCUT2D eigenvalue weighted by Gasteiger charge is 1.94. The largest absolute Gasteiger partial charge is 0.494 e. The minimum Gasteiger partial charge on any atom is -0.494 e. The summed E-state index contributed by atoms with van der Waals surface area (Å²) < 4.78 is 5.31. The third kappa shape index (κ3) is 3.44. The Balaban J connectivity index is 2.48. The predicted octanol–water partition coefficient (Wildman–Crippen LogP) is 1.52. The summed E-state index contributed by atoms with van der Waals surface area (Å²) in [5.74, 6) is 5.83. The number of hydrogen-bond donors (Lipinski definition) is 1. The second kappa shape index (κ2) is 5.56. The molecule has 1 rings (SSSR count). The molecule has 0 heterocycles. The Hall–Kier alpha value is -1.06. The standard InChI is InChI=1S/C10H15NO2/c1-2-12-10-5-3-9(4-6-10)7-8-13-11/h3-6H,2,7-8,11H2,1H3. The Morgan fingerprint density at radius 1 is 1.23 bits per heavy atom. The second-order valence-corrected chi connectivity index (χ2v) is 2.70. The Bertz CT molecular complexity index is 233. The molecule has 0 aliphatic rings. The minimum atomic E-state index is 0.550. The monoisotopic (exact) mass is 181 g/mol. The minimum absolute atomic E-state index is 0.550. The lowest BCUT2D eigenvalue weighted by atomic mass is 10.1. The summed E-state index contributed by atoms with van der Waals surface area (Å²) in [7, 11) is 0. The second-order valence-electron chi connectivity index (χ2n) is 2.70. The molecule has 0 aromatic heterocycles. The van der Waals surface area contributed by atoms with E-state index in [9.17, 15) is 0 Å². The summed E-state index contributed by atoms with van der Waals surface area (Å²) in [6, 6.07) is 7.94. The highest BCUT2D eigenvalue weighted by Crippen LogP contribution is 2.12. The van der Waals surface area contributed by atoms with E-state index in [0.29, 0.717) is 13.2 Å². The van der Waals surface area contributed by atoms with E-state index in [1.54, 1.807) is 0 Å². The molecule has 0 saturated heterocycles. The van der Waals surface area contributed by atoms with Gasteiger partial charge in [-0.1, -0.05) is 12.1 Å². The summed E-state index contributed by atoms with van der Waals surface area (Å²) in [4.78, 5) is 4.49. The number of rotatable bonds is 5. The third-order valence-corrected chi connectivity index (χ3v) is 1.74. The molecule has 3 nitrogen and oxygen atoms in total. The Kier molecular flexibility index (Phi) is 4.29. The lowest BCUT2D eigenvalue weighted by Gasteiger charge is -2.04. The van der Waals surface area contributed by atoms with E-state index in [-0.39, 0.29) is 0 Å². The zero-order valence-corrected chi connectivity index (χ0v) is 7.82. The first-order valence-corrected chi connectivity index (χ1v) is 4.40. The quantitative estimate of drug-likeness (QED) is 0.700. The average Bonchev–Trinajstić information content (AvgIpc) is 2.17. The Labute approximate surface area is 78.4 Å². The van der Waals surface area contributed by atoms with Crippen molar-refractivity contribution < 1.29 is 9.57 Å². The van der Waals surface area contributed by atoms with Gasteiger partial charge in [0.25, 0.3) is 0 Å². The van der Waals surface area contributed by atoms with Crippen LogP contribution in [0.15, 0.2) is 24.3 Å². The predicted molar refractivity (Wildman–Crippen MR) is 51.5 cm³/mol. The molecule has 0 bridgehead atoms. The van der Waals surface area contributed by atoms with E-state index in [1.165, 1.54) is 5.56 Å². The van der Waals surface area contributed by atoms with E-state index < -0.39 is 0 Å². The van der Waals surface area contributed by atoms with Crippen LogP contribution in [0.3, 0.4) is 0 Å². The smallest absolute Gasteiger partial charge is 0.119 e. The van der Waals surface area contributed by atoms with Crippen LogP contribution >= 0.6 is 0 Å². The third-order valence-electron chi connectivity index (χ3n) is 1.74. The lowest BCUT2D eigenvalue weighted by molar-refractivity contribution is 0.141. The normalized spacial score (nSPS) is 10.0. The molecule has 0 amide bonds. The highest BCUT2D eigenvalue weighted by atomic mass is 16.6. The van der Waals surface area contributed by atoms with E-state index in [1.807, 2.05) is 31.2 Å². The van der Waals surface area contributed by atoms with Gasteiger partial charge >= 0.3 is 0 Å². The van der Waals surface area contributed by atoms with Crippen LogP contribution in [-0.2, 0) is 11.3 Å². The maximum atomic E-state index is 5.31. The first-order chi connectivity index (χ1) is 6.36. The van der Waals surface area contributed by atoms with Crippen molar-refractivity contribution in [3.8, 4) is 5.75 Å². The molecule has 0 radical (unpaired) electrons. The van der Waals surface area contributed by atoms with Gasteiger partial charge < -0.3 is 9.57 Å². The number of ether oxygens (including phenoxy) is 1. The molecule has 0 unspecified atom stereocenters. The van der Waals surface area contributed by atoms with E-state index in [2.05, 4.69) is 4.84 Å². The van der Waals surface area contributed by atoms with E-state index >= 15 is 0 Å². The number of benzene rings is 1. The molecule has 2 N–H and O–H groups in total. The maximum Gasteiger partial charge on any atom is 0.119 e. The summed E-state index contributed by atoms with van der Waals surface area (Å²) >= 11 is 0. The van der Waals surface area contributed by atoms with Gasteiger partial charge in [0.05, 0.1) is 13.2 Å². The summed E-state index contributed by atoms with van der Waals surface area (Å²) in [5, 5.41) is 0. The Morgan fingerprint density at radius 3 is 2.46 bits per heavy atom. The van der Waals surface area contributed by atoms with Crippen molar-refractivity contribution in [3.63, 3.8) is 0 Å². The zero-order chi connectivity index (χ0) is 9.52. The van der Waals surface area contributed by atoms with Gasteiger partial charge in [-0.3, -0.25) is 0 Å². The zero-order valence-electron chi connectivity index (χ0n) is 7.82. The SMILES string of the molecule is CCOc1ccc(CCON)cc1. The Morgan fingerprint density at radius 2 is 1.92 bits per heavy atom. The fraction of sp³-hybridized carbons (Fsp3) is 0.400. The molecule has 0 atom stereocenters. The van der Waals surface area contributed by atoms with Gasteiger partial charge in [-0.25, -0.2) is 5.90 Å². The topological polar surface area (TPSA) is 44.5 Å². The van der Waals surface area contributed by atoms with Crippen molar-refractivity contribution in [2.24, 2.45) is 5.90 Å². The van der Waals surface area contributed by atoms with Crippen molar-refractivity contribution in [2.75, 3.05) is 13.2 Å². The van der Waals surface area contributed by atoms with E-state index in [0.717, 1.165) is 12.2 Å². The van der Waals surface area contributed by atoms with Crippen molar-refractivity contribution >= 4 is 0 Å². The van der Waals surface area contributed by atoms with Crippen LogP contribution in [0.5, 0.6) is 5.75 Å². The fourth-order valence-corrected chi connectivity index (χ4v) is 1.10. The molecular formula is C10H15NO2. The molecule has 0 saturated carbocycles. The molecule has 0 spiro atoms. The lowest BCUT2D eigenvalue weighted by Crippen LogP contribution is -2.03. The van der Waals surface area contributed by atoms with Gasteiger partial charge in [0.1, 0.15) is 5.75 Å². The van der Waals surface area contributed by atoms with Crippen LogP contribution in [0, 0.1) is 0 Å². The molecule has 72 valence electrons. The molecule has 0 fully saturated rings. The molecule has 1 aromatic carbocycles. The summed E-state index contributed by atoms with van der Waals surface area (Å²) in [5.41, 5.74) is 1.20. The van der Waals surface area contributed by atoms with Crippen LogP contribution in [0.1, 0.15) is 12.5 Å². The van der Waals surface area contributed by atoms with Crippen LogP contribution < -0.4 is 10.6 Å². The van der Waals surface area contributed by atoms with Crippen LogP contribution in [-0.4, -0.2) is 13.2 Å². The van der Waals surface area contributed by atoms with Gasteiger partial charge in [0.2, 0.25) is 0 Å². The molecule has 0 aliphatic heterocycles. The summed E-state index contributed by atoms with van der Waals surface area (Å²) in [6.45, 7) is 3.22. The van der Waals surface area contributed by atoms with Crippen molar-refractivity contribution in [3.05, 3.63) is 29.8 Å². The van der Waals surface area contributed by atoms with Crippen molar-refractivity contribution in [1.29, 1.82) is 0 Å². The molecular weight excluding hydrogens is 166 g/mol. The molecule has 0 aliphatic carbocycles. The number of hydrogen-bond acceptors (Lipinski definition) is 3.